The number of fused-ring (bicyclic) bond motifs is 1. The summed E-state index contributed by atoms with van der Waals surface area (Å²) >= 11 is 1.81. The SMILES string of the molecule is CCCCN1C(=O)CCSC1c1cc2ccccc2o1. The second-order valence-electron chi connectivity index (χ2n) is 5.10. The molecule has 0 bridgehead atoms. The van der Waals surface area contributed by atoms with E-state index >= 15 is 0 Å². The molecule has 2 heterocycles. The smallest absolute Gasteiger partial charge is 0.224 e. The maximum atomic E-state index is 12.2. The van der Waals surface area contributed by atoms with Gasteiger partial charge in [0.25, 0.3) is 0 Å². The number of rotatable bonds is 4. The minimum atomic E-state index is 0.0372. The molecule has 1 aliphatic heterocycles. The molecule has 20 heavy (non-hydrogen) atoms. The van der Waals surface area contributed by atoms with Gasteiger partial charge in [-0.25, -0.2) is 0 Å². The van der Waals surface area contributed by atoms with Crippen molar-refractivity contribution in [1.82, 2.24) is 4.90 Å². The van der Waals surface area contributed by atoms with Crippen molar-refractivity contribution in [3.8, 4) is 0 Å². The van der Waals surface area contributed by atoms with E-state index in [1.165, 1.54) is 0 Å². The van der Waals surface area contributed by atoms with E-state index in [1.807, 2.05) is 29.2 Å². The Balaban J connectivity index is 1.90. The van der Waals surface area contributed by atoms with Crippen LogP contribution >= 0.6 is 11.8 Å². The molecule has 4 heteroatoms. The van der Waals surface area contributed by atoms with Crippen LogP contribution in [-0.2, 0) is 4.79 Å². The molecule has 3 nitrogen and oxygen atoms in total. The van der Waals surface area contributed by atoms with Crippen molar-refractivity contribution in [2.75, 3.05) is 12.3 Å². The number of nitrogens with zero attached hydrogens (tertiary/aromatic N) is 1. The molecule has 0 radical (unpaired) electrons. The minimum absolute atomic E-state index is 0.0372. The molecule has 0 saturated carbocycles. The molecule has 0 spiro atoms. The first-order valence-electron chi connectivity index (χ1n) is 7.19. The van der Waals surface area contributed by atoms with Crippen molar-refractivity contribution in [2.24, 2.45) is 0 Å². The molecule has 106 valence electrons. The molecule has 2 aromatic rings. The minimum Gasteiger partial charge on any atom is -0.458 e. The zero-order chi connectivity index (χ0) is 13.9. The van der Waals surface area contributed by atoms with Crippen LogP contribution in [-0.4, -0.2) is 23.1 Å². The molecule has 1 amide bonds. The van der Waals surface area contributed by atoms with Gasteiger partial charge in [-0.1, -0.05) is 31.5 Å². The van der Waals surface area contributed by atoms with E-state index in [2.05, 4.69) is 13.0 Å². The van der Waals surface area contributed by atoms with Crippen LogP contribution in [0.2, 0.25) is 0 Å². The summed E-state index contributed by atoms with van der Waals surface area (Å²) < 4.78 is 5.95. The van der Waals surface area contributed by atoms with Crippen molar-refractivity contribution >= 4 is 28.6 Å². The van der Waals surface area contributed by atoms with E-state index in [-0.39, 0.29) is 11.3 Å². The van der Waals surface area contributed by atoms with Gasteiger partial charge >= 0.3 is 0 Å². The van der Waals surface area contributed by atoms with Gasteiger partial charge in [0.1, 0.15) is 16.7 Å². The number of benzene rings is 1. The van der Waals surface area contributed by atoms with E-state index < -0.39 is 0 Å². The summed E-state index contributed by atoms with van der Waals surface area (Å²) in [6, 6.07) is 10.1. The van der Waals surface area contributed by atoms with Crippen LogP contribution in [0.1, 0.15) is 37.3 Å². The van der Waals surface area contributed by atoms with E-state index in [0.29, 0.717) is 6.42 Å². The van der Waals surface area contributed by atoms with Crippen LogP contribution < -0.4 is 0 Å². The summed E-state index contributed by atoms with van der Waals surface area (Å²) in [7, 11) is 0. The highest BCUT2D eigenvalue weighted by Crippen LogP contribution is 2.39. The Kier molecular flexibility index (Phi) is 4.01. The maximum absolute atomic E-state index is 12.2. The maximum Gasteiger partial charge on any atom is 0.224 e. The number of carbonyl (C=O) groups is 1. The van der Waals surface area contributed by atoms with Gasteiger partial charge in [-0.2, -0.15) is 0 Å². The van der Waals surface area contributed by atoms with Crippen molar-refractivity contribution < 1.29 is 9.21 Å². The Bertz CT molecular complexity index is 574. The first-order chi connectivity index (χ1) is 9.79. The van der Waals surface area contributed by atoms with Crippen molar-refractivity contribution in [3.63, 3.8) is 0 Å². The van der Waals surface area contributed by atoms with Crippen LogP contribution in [0.3, 0.4) is 0 Å². The van der Waals surface area contributed by atoms with E-state index in [0.717, 1.165) is 41.9 Å². The molecule has 1 saturated heterocycles. The third-order valence-electron chi connectivity index (χ3n) is 3.64. The van der Waals surface area contributed by atoms with Crippen LogP contribution in [0, 0.1) is 0 Å². The molecule has 0 N–H and O–H groups in total. The lowest BCUT2D eigenvalue weighted by atomic mass is 10.2. The van der Waals surface area contributed by atoms with Crippen LogP contribution in [0.15, 0.2) is 34.7 Å². The Morgan fingerprint density at radius 1 is 1.40 bits per heavy atom. The number of amides is 1. The molecule has 1 aromatic carbocycles. The lowest BCUT2D eigenvalue weighted by Gasteiger charge is -2.33. The highest BCUT2D eigenvalue weighted by molar-refractivity contribution is 7.99. The molecule has 1 aromatic heterocycles. The number of thioether (sulfide) groups is 1. The van der Waals surface area contributed by atoms with Gasteiger partial charge in [-0.05, 0) is 18.6 Å². The number of furan rings is 1. The summed E-state index contributed by atoms with van der Waals surface area (Å²) in [6.45, 7) is 2.97. The van der Waals surface area contributed by atoms with Crippen LogP contribution in [0.25, 0.3) is 11.0 Å². The molecule has 1 aliphatic rings. The van der Waals surface area contributed by atoms with Gasteiger partial charge in [0, 0.05) is 24.1 Å². The molecular weight excluding hydrogens is 270 g/mol. The average Bonchev–Trinajstić information content (AvgIpc) is 2.89. The summed E-state index contributed by atoms with van der Waals surface area (Å²) in [5.41, 5.74) is 0.900. The predicted molar refractivity (Wildman–Crippen MR) is 82.7 cm³/mol. The van der Waals surface area contributed by atoms with Crippen LogP contribution in [0.5, 0.6) is 0 Å². The highest BCUT2D eigenvalue weighted by Gasteiger charge is 2.31. The Morgan fingerprint density at radius 3 is 3.05 bits per heavy atom. The molecule has 3 rings (SSSR count). The molecule has 1 unspecified atom stereocenters. The average molecular weight is 289 g/mol. The lowest BCUT2D eigenvalue weighted by Crippen LogP contribution is -2.37. The lowest BCUT2D eigenvalue weighted by molar-refractivity contribution is -0.132. The van der Waals surface area contributed by atoms with Gasteiger partial charge in [0.15, 0.2) is 0 Å². The van der Waals surface area contributed by atoms with Crippen molar-refractivity contribution in [1.29, 1.82) is 0 Å². The second-order valence-corrected chi connectivity index (χ2v) is 6.29. The standard InChI is InChI=1S/C16H19NO2S/c1-2-3-9-17-15(18)8-10-20-16(17)14-11-12-6-4-5-7-13(12)19-14/h4-7,11,16H,2-3,8-10H2,1H3. The number of hydrogen-bond donors (Lipinski definition) is 0. The van der Waals surface area contributed by atoms with Gasteiger partial charge in [0.05, 0.1) is 0 Å². The molecule has 1 atom stereocenters. The zero-order valence-electron chi connectivity index (χ0n) is 11.7. The fourth-order valence-corrected chi connectivity index (χ4v) is 3.75. The number of hydrogen-bond acceptors (Lipinski definition) is 3. The third kappa shape index (κ3) is 2.57. The van der Waals surface area contributed by atoms with Gasteiger partial charge in [-0.15, -0.1) is 11.8 Å². The van der Waals surface area contributed by atoms with E-state index in [9.17, 15) is 4.79 Å². The normalized spacial score (nSPS) is 19.8. The summed E-state index contributed by atoms with van der Waals surface area (Å²) in [5.74, 6) is 2.03. The topological polar surface area (TPSA) is 33.5 Å². The number of unbranched alkanes of at least 4 members (excludes halogenated alkanes) is 1. The van der Waals surface area contributed by atoms with Gasteiger partial charge < -0.3 is 9.32 Å². The first-order valence-corrected chi connectivity index (χ1v) is 8.24. The van der Waals surface area contributed by atoms with E-state index in [1.54, 1.807) is 11.8 Å². The Morgan fingerprint density at radius 2 is 2.25 bits per heavy atom. The largest absolute Gasteiger partial charge is 0.458 e. The fourth-order valence-electron chi connectivity index (χ4n) is 2.55. The summed E-state index contributed by atoms with van der Waals surface area (Å²) in [5, 5.41) is 1.15. The Labute approximate surface area is 123 Å². The number of carbonyl (C=O) groups excluding carboxylic acids is 1. The van der Waals surface area contributed by atoms with Crippen LogP contribution in [0.4, 0.5) is 0 Å². The summed E-state index contributed by atoms with van der Waals surface area (Å²) in [6.07, 6.45) is 2.79. The fraction of sp³-hybridized carbons (Fsp3) is 0.438. The molecular formula is C16H19NO2S. The predicted octanol–water partition coefficient (Wildman–Crippen LogP) is 4.20. The highest BCUT2D eigenvalue weighted by atomic mass is 32.2. The van der Waals surface area contributed by atoms with Crippen molar-refractivity contribution in [2.45, 2.75) is 31.6 Å². The quantitative estimate of drug-likeness (QED) is 0.846. The third-order valence-corrected chi connectivity index (χ3v) is 4.88. The number of para-hydroxylation sites is 1. The second kappa shape index (κ2) is 5.92. The first kappa shape index (κ1) is 13.6. The molecule has 1 fully saturated rings. The monoisotopic (exact) mass is 289 g/mol. The van der Waals surface area contributed by atoms with Gasteiger partial charge in [0.2, 0.25) is 5.91 Å². The Hall–Kier alpha value is -1.42. The molecule has 0 aliphatic carbocycles. The summed E-state index contributed by atoms with van der Waals surface area (Å²) in [4.78, 5) is 14.2. The van der Waals surface area contributed by atoms with Crippen molar-refractivity contribution in [3.05, 3.63) is 36.1 Å². The zero-order valence-corrected chi connectivity index (χ0v) is 12.5. The van der Waals surface area contributed by atoms with Gasteiger partial charge in [-0.3, -0.25) is 4.79 Å². The van der Waals surface area contributed by atoms with E-state index in [4.69, 9.17) is 4.42 Å².